The maximum absolute atomic E-state index is 12.8. The van der Waals surface area contributed by atoms with E-state index >= 15 is 0 Å². The van der Waals surface area contributed by atoms with Gasteiger partial charge in [0.05, 0.1) is 13.2 Å². The zero-order valence-corrected chi connectivity index (χ0v) is 63.0. The van der Waals surface area contributed by atoms with Crippen LogP contribution in [0.1, 0.15) is 386 Å². The number of nitrogens with two attached hydrogens (primary N) is 1. The van der Waals surface area contributed by atoms with E-state index in [9.17, 15) is 19.0 Å². The van der Waals surface area contributed by atoms with Crippen molar-refractivity contribution in [1.82, 2.24) is 0 Å². The molecule has 9 nitrogen and oxygen atoms in total. The molecule has 0 spiro atoms. The first kappa shape index (κ1) is 91.7. The molecule has 0 amide bonds. The van der Waals surface area contributed by atoms with Gasteiger partial charge in [0.15, 0.2) is 6.10 Å². The van der Waals surface area contributed by atoms with E-state index in [4.69, 9.17) is 24.3 Å². The summed E-state index contributed by atoms with van der Waals surface area (Å²) >= 11 is 0. The molecule has 10 heteroatoms. The molecular weight excluding hydrogens is 1190 g/mol. The summed E-state index contributed by atoms with van der Waals surface area (Å²) in [6.07, 6.45) is 111. The molecule has 0 saturated carbocycles. The molecule has 0 saturated heterocycles. The van der Waals surface area contributed by atoms with Crippen molar-refractivity contribution in [2.24, 2.45) is 5.73 Å². The van der Waals surface area contributed by atoms with Crippen LogP contribution < -0.4 is 5.73 Å². The van der Waals surface area contributed by atoms with E-state index in [1.807, 2.05) is 0 Å². The fourth-order valence-corrected chi connectivity index (χ4v) is 12.5. The third-order valence-corrected chi connectivity index (χ3v) is 18.6. The molecule has 2 unspecified atom stereocenters. The van der Waals surface area contributed by atoms with E-state index in [-0.39, 0.29) is 38.6 Å². The van der Waals surface area contributed by atoms with Gasteiger partial charge in [-0.25, -0.2) is 4.57 Å². The number of carbonyl (C=O) groups excluding carboxylic acids is 2. The molecule has 0 aromatic rings. The normalized spacial score (nSPS) is 13.4. The van der Waals surface area contributed by atoms with Gasteiger partial charge in [-0.3, -0.25) is 18.6 Å². The lowest BCUT2D eigenvalue weighted by atomic mass is 10.0. The summed E-state index contributed by atoms with van der Waals surface area (Å²) in [7, 11) is -4.40. The highest BCUT2D eigenvalue weighted by molar-refractivity contribution is 7.47. The zero-order chi connectivity index (χ0) is 68.6. The van der Waals surface area contributed by atoms with Gasteiger partial charge in [0.25, 0.3) is 0 Å². The van der Waals surface area contributed by atoms with Crippen LogP contribution in [0.4, 0.5) is 0 Å². The van der Waals surface area contributed by atoms with Crippen LogP contribution in [-0.2, 0) is 32.7 Å². The first-order chi connectivity index (χ1) is 46.8. The van der Waals surface area contributed by atoms with Crippen LogP contribution in [0.25, 0.3) is 0 Å². The summed E-state index contributed by atoms with van der Waals surface area (Å²) in [6.45, 7) is 3.66. The summed E-state index contributed by atoms with van der Waals surface area (Å²) in [5.41, 5.74) is 5.41. The van der Waals surface area contributed by atoms with Crippen LogP contribution in [0.3, 0.4) is 0 Å². The minimum absolute atomic E-state index is 0.0487. The molecule has 0 aliphatic carbocycles. The standard InChI is InChI=1S/C85H152NO8P/c1-3-5-7-9-11-13-15-17-19-21-23-25-27-29-31-33-35-37-38-39-40-41-42-43-44-46-47-49-51-53-55-57-59-61-63-65-67-69-71-73-75-77-84(87)91-81-83(82-93-95(89,90)92-80-79-86)94-85(88)78-76-74-72-70-68-66-64-62-60-58-56-54-52-50-48-45-36-34-32-30-28-26-24-22-20-18-16-14-12-10-8-6-4-2/h6,8,12,14,18,20-21,23-24,26,30,32,36,45,50,52,56,58,83H,3-5,7,9-11,13,15-17,19,22,25,27-29,31,33-35,37-44,46-49,51,53-55,57,59-82,86H2,1-2H3,(H,89,90)/b8-6-,14-12-,20-18-,23-21-,26-24-,32-30-,45-36-,52-50-,58-56-. The van der Waals surface area contributed by atoms with Crippen molar-refractivity contribution in [1.29, 1.82) is 0 Å². The minimum atomic E-state index is -4.40. The highest BCUT2D eigenvalue weighted by Gasteiger charge is 2.26. The van der Waals surface area contributed by atoms with E-state index in [2.05, 4.69) is 123 Å². The number of hydrogen-bond acceptors (Lipinski definition) is 8. The van der Waals surface area contributed by atoms with Crippen LogP contribution in [0.2, 0.25) is 0 Å². The zero-order valence-electron chi connectivity index (χ0n) is 62.1. The van der Waals surface area contributed by atoms with Crippen molar-refractivity contribution in [3.05, 3.63) is 109 Å². The number of phosphoric acid groups is 1. The van der Waals surface area contributed by atoms with Gasteiger partial charge in [-0.15, -0.1) is 0 Å². The van der Waals surface area contributed by atoms with Crippen LogP contribution >= 0.6 is 7.82 Å². The second-order valence-electron chi connectivity index (χ2n) is 26.9. The maximum Gasteiger partial charge on any atom is 0.472 e. The van der Waals surface area contributed by atoms with Crippen molar-refractivity contribution >= 4 is 19.8 Å². The molecule has 95 heavy (non-hydrogen) atoms. The number of rotatable bonds is 76. The van der Waals surface area contributed by atoms with Crippen LogP contribution in [-0.4, -0.2) is 49.3 Å². The predicted molar refractivity (Wildman–Crippen MR) is 413 cm³/mol. The van der Waals surface area contributed by atoms with Gasteiger partial charge in [-0.05, 0) is 103 Å². The second-order valence-corrected chi connectivity index (χ2v) is 28.4. The molecular formula is C85H152NO8P. The number of phosphoric ester groups is 1. The van der Waals surface area contributed by atoms with Crippen molar-refractivity contribution < 1.29 is 37.6 Å². The highest BCUT2D eigenvalue weighted by atomic mass is 31.2. The highest BCUT2D eigenvalue weighted by Crippen LogP contribution is 2.43. The van der Waals surface area contributed by atoms with Gasteiger partial charge in [0.1, 0.15) is 6.61 Å². The second kappa shape index (κ2) is 79.7. The molecule has 0 fully saturated rings. The molecule has 550 valence electrons. The lowest BCUT2D eigenvalue weighted by Gasteiger charge is -2.19. The van der Waals surface area contributed by atoms with Gasteiger partial charge in [-0.2, -0.15) is 0 Å². The molecule has 0 aromatic heterocycles. The molecule has 0 aromatic carbocycles. The third-order valence-electron chi connectivity index (χ3n) is 17.6. The molecule has 0 radical (unpaired) electrons. The third kappa shape index (κ3) is 79.5. The van der Waals surface area contributed by atoms with E-state index in [1.54, 1.807) is 0 Å². The molecule has 0 bridgehead atoms. The number of hydrogen-bond donors (Lipinski definition) is 2. The smallest absolute Gasteiger partial charge is 0.462 e. The average Bonchev–Trinajstić information content (AvgIpc) is 3.25. The van der Waals surface area contributed by atoms with Crippen LogP contribution in [0.15, 0.2) is 109 Å². The van der Waals surface area contributed by atoms with Gasteiger partial charge >= 0.3 is 19.8 Å². The fourth-order valence-electron chi connectivity index (χ4n) is 11.7. The van der Waals surface area contributed by atoms with Crippen molar-refractivity contribution in [3.63, 3.8) is 0 Å². The number of carbonyl (C=O) groups is 2. The summed E-state index contributed by atoms with van der Waals surface area (Å²) in [6, 6.07) is 0. The SMILES string of the molecule is CC/C=C\C/C=C\C/C=C\C/C=C\C/C=C\C/C=C\C/C=C\C/C=C\CCCCCCCCCCC(=O)OC(COC(=O)CCCCCCCCCCCCCCCCCCCCCCCCCCCCCCC/C=C\CCCCCCCCCC)COP(=O)(O)OCCN. The summed E-state index contributed by atoms with van der Waals surface area (Å²) in [4.78, 5) is 35.5. The van der Waals surface area contributed by atoms with Gasteiger partial charge in [0.2, 0.25) is 0 Å². The number of ether oxygens (including phenoxy) is 2. The Labute approximate surface area is 588 Å². The lowest BCUT2D eigenvalue weighted by Crippen LogP contribution is -2.29. The topological polar surface area (TPSA) is 134 Å². The Kier molecular flexibility index (Phi) is 76.9. The largest absolute Gasteiger partial charge is 0.472 e. The lowest BCUT2D eigenvalue weighted by molar-refractivity contribution is -0.161. The van der Waals surface area contributed by atoms with Crippen molar-refractivity contribution in [3.8, 4) is 0 Å². The summed E-state index contributed by atoms with van der Waals surface area (Å²) < 4.78 is 33.3. The van der Waals surface area contributed by atoms with E-state index in [0.717, 1.165) is 96.3 Å². The van der Waals surface area contributed by atoms with Crippen LogP contribution in [0, 0.1) is 0 Å². The Bertz CT molecular complexity index is 1930. The van der Waals surface area contributed by atoms with E-state index in [0.29, 0.717) is 6.42 Å². The van der Waals surface area contributed by atoms with Crippen molar-refractivity contribution in [2.75, 3.05) is 26.4 Å². The Morgan fingerprint density at radius 2 is 0.579 bits per heavy atom. The van der Waals surface area contributed by atoms with Gasteiger partial charge in [0, 0.05) is 19.4 Å². The molecule has 2 atom stereocenters. The fraction of sp³-hybridized carbons (Fsp3) is 0.765. The Hall–Kier alpha value is -3.33. The summed E-state index contributed by atoms with van der Waals surface area (Å²) in [5, 5.41) is 0. The molecule has 0 aliphatic heterocycles. The number of esters is 2. The van der Waals surface area contributed by atoms with Crippen molar-refractivity contribution in [2.45, 2.75) is 392 Å². The maximum atomic E-state index is 12.8. The van der Waals surface area contributed by atoms with Gasteiger partial charge in [-0.1, -0.05) is 380 Å². The molecule has 3 N–H and O–H groups in total. The Balaban J connectivity index is 3.81. The van der Waals surface area contributed by atoms with Crippen LogP contribution in [0.5, 0.6) is 0 Å². The average molecular weight is 1350 g/mol. The van der Waals surface area contributed by atoms with E-state index in [1.165, 1.54) is 257 Å². The predicted octanol–water partition coefficient (Wildman–Crippen LogP) is 27.2. The monoisotopic (exact) mass is 1350 g/mol. The molecule has 0 heterocycles. The van der Waals surface area contributed by atoms with E-state index < -0.39 is 26.5 Å². The number of allylic oxidation sites excluding steroid dienone is 18. The Morgan fingerprint density at radius 3 is 0.874 bits per heavy atom. The first-order valence-electron chi connectivity index (χ1n) is 40.4. The minimum Gasteiger partial charge on any atom is -0.462 e. The molecule has 0 aliphatic rings. The van der Waals surface area contributed by atoms with Gasteiger partial charge < -0.3 is 20.1 Å². The summed E-state index contributed by atoms with van der Waals surface area (Å²) in [5.74, 6) is -0.827. The quantitative estimate of drug-likeness (QED) is 0.0264. The number of unbranched alkanes of at least 4 members (excludes halogenated alkanes) is 45. The first-order valence-corrected chi connectivity index (χ1v) is 41.9. The Morgan fingerprint density at radius 1 is 0.326 bits per heavy atom. The molecule has 0 rings (SSSR count).